The minimum Gasteiger partial charge on any atom is -0.454 e. The predicted octanol–water partition coefficient (Wildman–Crippen LogP) is 3.07. The van der Waals surface area contributed by atoms with Crippen LogP contribution in [0.3, 0.4) is 0 Å². The third kappa shape index (κ3) is 3.56. The molecule has 2 aromatic heterocycles. The fraction of sp³-hybridized carbons (Fsp3) is 0.105. The predicted molar refractivity (Wildman–Crippen MR) is 96.3 cm³/mol. The van der Waals surface area contributed by atoms with Crippen molar-refractivity contribution in [3.8, 4) is 11.5 Å². The van der Waals surface area contributed by atoms with Gasteiger partial charge in [0.25, 0.3) is 5.91 Å². The Bertz CT molecular complexity index is 914. The van der Waals surface area contributed by atoms with Crippen LogP contribution in [-0.2, 0) is 6.54 Å². The Labute approximate surface area is 150 Å². The average molecular weight is 348 g/mol. The molecular weight excluding hydrogens is 332 g/mol. The summed E-state index contributed by atoms with van der Waals surface area (Å²) in [5.74, 6) is 1.00. The Morgan fingerprint density at radius 1 is 1.00 bits per heavy atom. The SMILES string of the molecule is O=C(Nc1ccc2c(c1)OCO2)c1ccc(NCc2ccncc2)cn1. The molecule has 2 N–H and O–H groups in total. The molecule has 130 valence electrons. The van der Waals surface area contributed by atoms with Gasteiger partial charge in [0.05, 0.1) is 11.9 Å². The molecule has 3 heterocycles. The van der Waals surface area contributed by atoms with E-state index in [-0.39, 0.29) is 12.7 Å². The first-order valence-corrected chi connectivity index (χ1v) is 8.08. The average Bonchev–Trinajstić information content (AvgIpc) is 3.15. The van der Waals surface area contributed by atoms with E-state index in [1.165, 1.54) is 0 Å². The summed E-state index contributed by atoms with van der Waals surface area (Å²) in [7, 11) is 0. The summed E-state index contributed by atoms with van der Waals surface area (Å²) < 4.78 is 10.6. The summed E-state index contributed by atoms with van der Waals surface area (Å²) in [5, 5.41) is 6.05. The molecule has 0 radical (unpaired) electrons. The van der Waals surface area contributed by atoms with Crippen LogP contribution in [0.25, 0.3) is 0 Å². The van der Waals surface area contributed by atoms with E-state index in [0.29, 0.717) is 29.4 Å². The number of hydrogen-bond donors (Lipinski definition) is 2. The molecule has 1 amide bonds. The zero-order valence-corrected chi connectivity index (χ0v) is 13.8. The molecule has 0 unspecified atom stereocenters. The number of anilines is 2. The van der Waals surface area contributed by atoms with Crippen molar-refractivity contribution < 1.29 is 14.3 Å². The number of rotatable bonds is 5. The second kappa shape index (κ2) is 7.10. The number of nitrogens with zero attached hydrogens (tertiary/aromatic N) is 2. The van der Waals surface area contributed by atoms with Gasteiger partial charge >= 0.3 is 0 Å². The molecule has 0 fully saturated rings. The Hall–Kier alpha value is -3.61. The van der Waals surface area contributed by atoms with Gasteiger partial charge in [0.2, 0.25) is 6.79 Å². The van der Waals surface area contributed by atoms with Crippen molar-refractivity contribution in [1.82, 2.24) is 9.97 Å². The number of carbonyl (C=O) groups is 1. The van der Waals surface area contributed by atoms with Crippen LogP contribution in [0, 0.1) is 0 Å². The molecule has 0 bridgehead atoms. The van der Waals surface area contributed by atoms with Crippen molar-refractivity contribution in [3.05, 3.63) is 72.3 Å². The number of pyridine rings is 2. The third-order valence-corrected chi connectivity index (χ3v) is 3.87. The monoisotopic (exact) mass is 348 g/mol. The van der Waals surface area contributed by atoms with E-state index < -0.39 is 0 Å². The van der Waals surface area contributed by atoms with Gasteiger partial charge in [-0.1, -0.05) is 0 Å². The number of fused-ring (bicyclic) bond motifs is 1. The van der Waals surface area contributed by atoms with Crippen LogP contribution in [-0.4, -0.2) is 22.7 Å². The molecule has 7 nitrogen and oxygen atoms in total. The molecule has 1 aromatic carbocycles. The summed E-state index contributed by atoms with van der Waals surface area (Å²) in [6, 6.07) is 12.6. The normalized spacial score (nSPS) is 11.8. The zero-order chi connectivity index (χ0) is 17.8. The Morgan fingerprint density at radius 3 is 2.62 bits per heavy atom. The van der Waals surface area contributed by atoms with Crippen LogP contribution in [0.4, 0.5) is 11.4 Å². The second-order valence-electron chi connectivity index (χ2n) is 5.66. The molecule has 7 heteroatoms. The van der Waals surface area contributed by atoms with Gasteiger partial charge in [0.1, 0.15) is 5.69 Å². The number of hydrogen-bond acceptors (Lipinski definition) is 6. The Kier molecular flexibility index (Phi) is 4.34. The van der Waals surface area contributed by atoms with Crippen LogP contribution in [0.1, 0.15) is 16.1 Å². The maximum absolute atomic E-state index is 12.3. The standard InChI is InChI=1S/C19H16N4O3/c24-19(23-14-2-4-17-18(9-14)26-12-25-17)16-3-1-15(11-22-16)21-10-13-5-7-20-8-6-13/h1-9,11,21H,10,12H2,(H,23,24). The number of aromatic nitrogens is 2. The molecule has 0 spiro atoms. The smallest absolute Gasteiger partial charge is 0.274 e. The number of nitrogens with one attached hydrogen (secondary N) is 2. The van der Waals surface area contributed by atoms with Gasteiger partial charge in [-0.05, 0) is 42.0 Å². The highest BCUT2D eigenvalue weighted by atomic mass is 16.7. The largest absolute Gasteiger partial charge is 0.454 e. The maximum atomic E-state index is 12.3. The molecule has 26 heavy (non-hydrogen) atoms. The van der Waals surface area contributed by atoms with Crippen molar-refractivity contribution in [2.75, 3.05) is 17.4 Å². The molecular formula is C19H16N4O3. The van der Waals surface area contributed by atoms with E-state index in [2.05, 4.69) is 20.6 Å². The molecule has 1 aliphatic rings. The number of benzene rings is 1. The first-order valence-electron chi connectivity index (χ1n) is 8.08. The van der Waals surface area contributed by atoms with Gasteiger partial charge in [-0.3, -0.25) is 9.78 Å². The van der Waals surface area contributed by atoms with Crippen LogP contribution >= 0.6 is 0 Å². The quantitative estimate of drug-likeness (QED) is 0.737. The van der Waals surface area contributed by atoms with E-state index in [1.807, 2.05) is 18.2 Å². The molecule has 1 aliphatic heterocycles. The molecule has 4 rings (SSSR count). The lowest BCUT2D eigenvalue weighted by Crippen LogP contribution is -2.13. The van der Waals surface area contributed by atoms with Crippen LogP contribution in [0.15, 0.2) is 61.1 Å². The Morgan fingerprint density at radius 2 is 1.81 bits per heavy atom. The fourth-order valence-corrected chi connectivity index (χ4v) is 2.51. The van der Waals surface area contributed by atoms with Crippen molar-refractivity contribution in [2.24, 2.45) is 0 Å². The van der Waals surface area contributed by atoms with Crippen molar-refractivity contribution in [2.45, 2.75) is 6.54 Å². The minimum atomic E-state index is -0.287. The van der Waals surface area contributed by atoms with Gasteiger partial charge in [0, 0.05) is 30.7 Å². The number of carbonyl (C=O) groups excluding carboxylic acids is 1. The van der Waals surface area contributed by atoms with E-state index in [0.717, 1.165) is 11.3 Å². The summed E-state index contributed by atoms with van der Waals surface area (Å²) in [6.07, 6.45) is 5.13. The zero-order valence-electron chi connectivity index (χ0n) is 13.8. The highest BCUT2D eigenvalue weighted by Crippen LogP contribution is 2.34. The van der Waals surface area contributed by atoms with Gasteiger partial charge in [0.15, 0.2) is 11.5 Å². The maximum Gasteiger partial charge on any atom is 0.274 e. The van der Waals surface area contributed by atoms with Crippen LogP contribution in [0.5, 0.6) is 11.5 Å². The summed E-state index contributed by atoms with van der Waals surface area (Å²) >= 11 is 0. The van der Waals surface area contributed by atoms with Crippen molar-refractivity contribution in [1.29, 1.82) is 0 Å². The lowest BCUT2D eigenvalue weighted by molar-refractivity contribution is 0.102. The van der Waals surface area contributed by atoms with Gasteiger partial charge in [-0.2, -0.15) is 0 Å². The minimum absolute atomic E-state index is 0.197. The van der Waals surface area contributed by atoms with E-state index in [9.17, 15) is 4.79 Å². The van der Waals surface area contributed by atoms with E-state index in [4.69, 9.17) is 9.47 Å². The second-order valence-corrected chi connectivity index (χ2v) is 5.66. The molecule has 0 saturated heterocycles. The molecule has 0 aliphatic carbocycles. The first kappa shape index (κ1) is 15.9. The number of amides is 1. The summed E-state index contributed by atoms with van der Waals surface area (Å²) in [5.41, 5.74) is 2.91. The van der Waals surface area contributed by atoms with E-state index >= 15 is 0 Å². The fourth-order valence-electron chi connectivity index (χ4n) is 2.51. The van der Waals surface area contributed by atoms with Crippen LogP contribution < -0.4 is 20.1 Å². The number of ether oxygens (including phenoxy) is 2. The molecule has 0 saturated carbocycles. The third-order valence-electron chi connectivity index (χ3n) is 3.87. The van der Waals surface area contributed by atoms with Gasteiger partial charge in [-0.25, -0.2) is 4.98 Å². The highest BCUT2D eigenvalue weighted by Gasteiger charge is 2.15. The molecule has 3 aromatic rings. The first-order chi connectivity index (χ1) is 12.8. The highest BCUT2D eigenvalue weighted by molar-refractivity contribution is 6.03. The topological polar surface area (TPSA) is 85.4 Å². The summed E-state index contributed by atoms with van der Waals surface area (Å²) in [4.78, 5) is 20.5. The lowest BCUT2D eigenvalue weighted by Gasteiger charge is -2.08. The van der Waals surface area contributed by atoms with Gasteiger partial charge in [-0.15, -0.1) is 0 Å². The van der Waals surface area contributed by atoms with Crippen molar-refractivity contribution >= 4 is 17.3 Å². The lowest BCUT2D eigenvalue weighted by atomic mass is 10.2. The van der Waals surface area contributed by atoms with Gasteiger partial charge < -0.3 is 20.1 Å². The molecule has 0 atom stereocenters. The van der Waals surface area contributed by atoms with Crippen molar-refractivity contribution in [3.63, 3.8) is 0 Å². The van der Waals surface area contributed by atoms with Crippen LogP contribution in [0.2, 0.25) is 0 Å². The summed E-state index contributed by atoms with van der Waals surface area (Å²) in [6.45, 7) is 0.856. The van der Waals surface area contributed by atoms with E-state index in [1.54, 1.807) is 42.9 Å². The Balaban J connectivity index is 1.37.